The van der Waals surface area contributed by atoms with Crippen molar-refractivity contribution in [2.45, 2.75) is 33.6 Å². The molecule has 0 saturated carbocycles. The first-order valence-corrected chi connectivity index (χ1v) is 11.6. The van der Waals surface area contributed by atoms with Crippen molar-refractivity contribution in [1.29, 1.82) is 5.41 Å². The Balaban J connectivity index is 1.67. The first kappa shape index (κ1) is 24.0. The minimum Gasteiger partial charge on any atom is -0.477 e. The summed E-state index contributed by atoms with van der Waals surface area (Å²) in [6.45, 7) is 6.82. The number of fused-ring (bicyclic) bond motifs is 1. The molecule has 0 atom stereocenters. The Morgan fingerprint density at radius 2 is 1.63 bits per heavy atom. The van der Waals surface area contributed by atoms with E-state index < -0.39 is 17.6 Å². The minimum absolute atomic E-state index is 0.192. The van der Waals surface area contributed by atoms with Crippen molar-refractivity contribution in [1.82, 2.24) is 0 Å². The third kappa shape index (κ3) is 5.49. The number of nitrogens with one attached hydrogen (secondary N) is 2. The monoisotopic (exact) mass is 467 g/mol. The number of nitrogens with zero attached hydrogens (tertiary/aromatic N) is 1. The molecule has 1 amide bonds. The third-order valence-corrected chi connectivity index (χ3v) is 6.09. The Hall–Kier alpha value is -4.19. The number of hydrogen-bond donors (Lipinski definition) is 3. The lowest BCUT2D eigenvalue weighted by atomic mass is 9.96. The lowest BCUT2D eigenvalue weighted by Crippen LogP contribution is -2.25. The van der Waals surface area contributed by atoms with Crippen LogP contribution in [-0.2, 0) is 16.0 Å². The molecule has 35 heavy (non-hydrogen) atoms. The molecule has 0 unspecified atom stereocenters. The van der Waals surface area contributed by atoms with Gasteiger partial charge in [-0.2, -0.15) is 0 Å². The molecule has 0 fully saturated rings. The van der Waals surface area contributed by atoms with Crippen LogP contribution >= 0.6 is 0 Å². The number of aliphatic carboxylic acids is 1. The molecule has 6 nitrogen and oxygen atoms in total. The summed E-state index contributed by atoms with van der Waals surface area (Å²) in [5, 5.41) is 20.3. The lowest BCUT2D eigenvalue weighted by Gasteiger charge is -2.31. The molecule has 4 rings (SSSR count). The Morgan fingerprint density at radius 1 is 0.943 bits per heavy atom. The van der Waals surface area contributed by atoms with Gasteiger partial charge in [-0.3, -0.25) is 10.2 Å². The molecule has 0 spiro atoms. The van der Waals surface area contributed by atoms with Gasteiger partial charge in [0.15, 0.2) is 5.71 Å². The Morgan fingerprint density at radius 3 is 2.29 bits per heavy atom. The van der Waals surface area contributed by atoms with E-state index in [2.05, 4.69) is 41.4 Å². The topological polar surface area (TPSA) is 93.5 Å². The quantitative estimate of drug-likeness (QED) is 0.314. The number of carboxylic acid groups (broad SMARTS) is 1. The van der Waals surface area contributed by atoms with Crippen LogP contribution in [0.2, 0.25) is 0 Å². The van der Waals surface area contributed by atoms with Crippen LogP contribution in [0.25, 0.3) is 6.08 Å². The fourth-order valence-corrected chi connectivity index (χ4v) is 4.48. The fourth-order valence-electron chi connectivity index (χ4n) is 4.48. The summed E-state index contributed by atoms with van der Waals surface area (Å²) in [5.74, 6) is -2.07. The zero-order chi connectivity index (χ0) is 25.1. The van der Waals surface area contributed by atoms with Crippen molar-refractivity contribution in [2.24, 2.45) is 0 Å². The van der Waals surface area contributed by atoms with E-state index in [4.69, 9.17) is 5.41 Å². The number of hydrogen-bond acceptors (Lipinski definition) is 4. The smallest absolute Gasteiger partial charge is 0.354 e. The molecule has 6 heteroatoms. The number of rotatable bonds is 6. The van der Waals surface area contributed by atoms with Crippen molar-refractivity contribution in [2.75, 3.05) is 16.8 Å². The number of carbonyl (C=O) groups is 2. The SMILES string of the molecule is Cc1ccc(N2CCCc3cc(/C=C(/C(=N)C(=O)O)C(=O)Nc4cc(C)cc(C)c4)ccc32)cc1. The molecule has 0 saturated heterocycles. The molecule has 3 aromatic carbocycles. The summed E-state index contributed by atoms with van der Waals surface area (Å²) in [6.07, 6.45) is 3.36. The maximum Gasteiger partial charge on any atom is 0.354 e. The molecule has 1 heterocycles. The number of carbonyl (C=O) groups excluding carboxylic acids is 1. The first-order chi connectivity index (χ1) is 16.7. The molecular weight excluding hydrogens is 438 g/mol. The van der Waals surface area contributed by atoms with Gasteiger partial charge in [-0.25, -0.2) is 4.79 Å². The Labute approximate surface area is 205 Å². The molecule has 3 N–H and O–H groups in total. The molecule has 0 bridgehead atoms. The van der Waals surface area contributed by atoms with Crippen LogP contribution in [-0.4, -0.2) is 29.2 Å². The van der Waals surface area contributed by atoms with Crippen molar-refractivity contribution in [3.05, 3.63) is 94.1 Å². The molecule has 1 aliphatic rings. The van der Waals surface area contributed by atoms with Crippen LogP contribution < -0.4 is 10.2 Å². The van der Waals surface area contributed by atoms with E-state index in [9.17, 15) is 14.7 Å². The standard InChI is InChI=1S/C29H29N3O3/c1-18-6-9-24(10-7-18)32-12-4-5-22-16-21(8-11-26(22)32)17-25(27(30)29(34)35)28(33)31-23-14-19(2)13-20(3)15-23/h6-11,13-17,30H,4-5,12H2,1-3H3,(H,31,33)(H,34,35)/b25-17-,30-27?. The van der Waals surface area contributed by atoms with Gasteiger partial charge in [0, 0.05) is 23.6 Å². The number of aryl methyl sites for hydroxylation is 4. The Bertz CT molecular complexity index is 1320. The van der Waals surface area contributed by atoms with Crippen molar-refractivity contribution in [3.63, 3.8) is 0 Å². The largest absolute Gasteiger partial charge is 0.477 e. The van der Waals surface area contributed by atoms with E-state index in [1.165, 1.54) is 11.6 Å². The van der Waals surface area contributed by atoms with Crippen LogP contribution in [0.4, 0.5) is 17.1 Å². The number of anilines is 3. The minimum atomic E-state index is -1.45. The first-order valence-electron chi connectivity index (χ1n) is 11.6. The average molecular weight is 468 g/mol. The van der Waals surface area contributed by atoms with Gasteiger partial charge in [0.05, 0.1) is 5.57 Å². The zero-order valence-electron chi connectivity index (χ0n) is 20.2. The van der Waals surface area contributed by atoms with E-state index >= 15 is 0 Å². The van der Waals surface area contributed by atoms with E-state index in [1.54, 1.807) is 0 Å². The summed E-state index contributed by atoms with van der Waals surface area (Å²) in [4.78, 5) is 26.9. The van der Waals surface area contributed by atoms with Gasteiger partial charge in [0.25, 0.3) is 5.91 Å². The summed E-state index contributed by atoms with van der Waals surface area (Å²) in [6, 6.07) is 19.9. The van der Waals surface area contributed by atoms with E-state index in [1.807, 2.05) is 50.2 Å². The highest BCUT2D eigenvalue weighted by Gasteiger charge is 2.22. The van der Waals surface area contributed by atoms with Crippen molar-refractivity contribution >= 4 is 40.7 Å². The average Bonchev–Trinajstić information content (AvgIpc) is 2.81. The van der Waals surface area contributed by atoms with E-state index in [0.29, 0.717) is 11.3 Å². The number of carboxylic acids is 1. The predicted octanol–water partition coefficient (Wildman–Crippen LogP) is 5.82. The van der Waals surface area contributed by atoms with Crippen molar-refractivity contribution < 1.29 is 14.7 Å². The number of benzene rings is 3. The van der Waals surface area contributed by atoms with Crippen LogP contribution in [0.1, 0.15) is 34.2 Å². The van der Waals surface area contributed by atoms with Crippen LogP contribution in [0, 0.1) is 26.2 Å². The molecule has 3 aromatic rings. The summed E-state index contributed by atoms with van der Waals surface area (Å²) in [7, 11) is 0. The summed E-state index contributed by atoms with van der Waals surface area (Å²) >= 11 is 0. The van der Waals surface area contributed by atoms with Gasteiger partial charge in [-0.1, -0.05) is 29.8 Å². The fraction of sp³-hybridized carbons (Fsp3) is 0.207. The highest BCUT2D eigenvalue weighted by Crippen LogP contribution is 2.34. The highest BCUT2D eigenvalue weighted by atomic mass is 16.4. The molecule has 0 aliphatic carbocycles. The highest BCUT2D eigenvalue weighted by molar-refractivity contribution is 6.50. The van der Waals surface area contributed by atoms with Crippen LogP contribution in [0.5, 0.6) is 0 Å². The second-order valence-corrected chi connectivity index (χ2v) is 9.05. The van der Waals surface area contributed by atoms with Gasteiger partial charge in [0.2, 0.25) is 0 Å². The molecule has 178 valence electrons. The van der Waals surface area contributed by atoms with Gasteiger partial charge in [0.1, 0.15) is 0 Å². The van der Waals surface area contributed by atoms with Crippen LogP contribution in [0.3, 0.4) is 0 Å². The van der Waals surface area contributed by atoms with E-state index in [0.717, 1.165) is 47.5 Å². The zero-order valence-corrected chi connectivity index (χ0v) is 20.2. The van der Waals surface area contributed by atoms with E-state index in [-0.39, 0.29) is 5.57 Å². The summed E-state index contributed by atoms with van der Waals surface area (Å²) < 4.78 is 0. The second kappa shape index (κ2) is 9.97. The molecule has 0 radical (unpaired) electrons. The van der Waals surface area contributed by atoms with Gasteiger partial charge in [-0.15, -0.1) is 0 Å². The molecule has 1 aliphatic heterocycles. The van der Waals surface area contributed by atoms with Gasteiger partial charge >= 0.3 is 5.97 Å². The van der Waals surface area contributed by atoms with Crippen molar-refractivity contribution in [3.8, 4) is 0 Å². The maximum absolute atomic E-state index is 13.0. The molecule has 0 aromatic heterocycles. The molecular formula is C29H29N3O3. The maximum atomic E-state index is 13.0. The normalized spacial score (nSPS) is 13.2. The Kier molecular flexibility index (Phi) is 6.82. The number of amides is 1. The third-order valence-electron chi connectivity index (χ3n) is 6.09. The predicted molar refractivity (Wildman–Crippen MR) is 141 cm³/mol. The van der Waals surface area contributed by atoms with Gasteiger partial charge in [-0.05, 0) is 98.3 Å². The van der Waals surface area contributed by atoms with Gasteiger partial charge < -0.3 is 15.3 Å². The van der Waals surface area contributed by atoms with Crippen LogP contribution in [0.15, 0.2) is 66.2 Å². The lowest BCUT2D eigenvalue weighted by molar-refractivity contribution is -0.129. The summed E-state index contributed by atoms with van der Waals surface area (Å²) in [5.41, 5.74) is 6.84. The second-order valence-electron chi connectivity index (χ2n) is 9.05.